The van der Waals surface area contributed by atoms with Crippen LogP contribution >= 0.6 is 0 Å². The minimum Gasteiger partial charge on any atom is -0.351 e. The number of hydrogen-bond acceptors (Lipinski definition) is 4. The molecular weight excluding hydrogens is 257 g/mol. The zero-order chi connectivity index (χ0) is 13.9. The predicted octanol–water partition coefficient (Wildman–Crippen LogP) is 1.88. The fourth-order valence-electron chi connectivity index (χ4n) is 1.82. The Kier molecular flexibility index (Phi) is 3.92. The smallest absolute Gasteiger partial charge is 0.351 e. The van der Waals surface area contributed by atoms with Crippen LogP contribution in [0.1, 0.15) is 17.8 Å². The number of halogens is 3. The lowest BCUT2D eigenvalue weighted by Gasteiger charge is -2.25. The summed E-state index contributed by atoms with van der Waals surface area (Å²) >= 11 is 0. The quantitative estimate of drug-likeness (QED) is 0.893. The Labute approximate surface area is 109 Å². The molecule has 0 aromatic carbocycles. The maximum absolute atomic E-state index is 12.5. The molecule has 0 aliphatic carbocycles. The van der Waals surface area contributed by atoms with Crippen molar-refractivity contribution in [1.29, 1.82) is 0 Å². The summed E-state index contributed by atoms with van der Waals surface area (Å²) in [7, 11) is 1.89. The van der Waals surface area contributed by atoms with Crippen molar-refractivity contribution in [2.24, 2.45) is 4.99 Å². The highest BCUT2D eigenvalue weighted by molar-refractivity contribution is 5.80. The summed E-state index contributed by atoms with van der Waals surface area (Å²) in [5, 5.41) is 3.01. The Morgan fingerprint density at radius 2 is 2.16 bits per heavy atom. The SMILES string of the molecule is CN1CCCN=C1NCc1cccc(C(F)(F)F)n1. The number of aromatic nitrogens is 1. The highest BCUT2D eigenvalue weighted by Crippen LogP contribution is 2.27. The summed E-state index contributed by atoms with van der Waals surface area (Å²) in [6.07, 6.45) is -3.42. The molecule has 0 fully saturated rings. The first-order valence-corrected chi connectivity index (χ1v) is 5.99. The minimum absolute atomic E-state index is 0.229. The summed E-state index contributed by atoms with van der Waals surface area (Å²) in [6.45, 7) is 1.86. The normalized spacial score (nSPS) is 16.2. The van der Waals surface area contributed by atoms with Crippen molar-refractivity contribution in [3.05, 3.63) is 29.6 Å². The lowest BCUT2D eigenvalue weighted by Crippen LogP contribution is -2.41. The van der Waals surface area contributed by atoms with Gasteiger partial charge in [-0.3, -0.25) is 4.99 Å². The number of nitrogens with one attached hydrogen (secondary N) is 1. The van der Waals surface area contributed by atoms with E-state index in [9.17, 15) is 13.2 Å². The van der Waals surface area contributed by atoms with Crippen LogP contribution in [0.2, 0.25) is 0 Å². The number of guanidine groups is 1. The molecule has 0 spiro atoms. The average molecular weight is 272 g/mol. The van der Waals surface area contributed by atoms with E-state index in [0.717, 1.165) is 25.6 Å². The van der Waals surface area contributed by atoms with E-state index in [2.05, 4.69) is 15.3 Å². The maximum Gasteiger partial charge on any atom is 0.433 e. The van der Waals surface area contributed by atoms with Gasteiger partial charge in [0.1, 0.15) is 5.69 Å². The number of hydrogen-bond donors (Lipinski definition) is 1. The maximum atomic E-state index is 12.5. The zero-order valence-corrected chi connectivity index (χ0v) is 10.5. The Hall–Kier alpha value is -1.79. The highest BCUT2D eigenvalue weighted by Gasteiger charge is 2.32. The van der Waals surface area contributed by atoms with Gasteiger partial charge in [-0.05, 0) is 18.6 Å². The average Bonchev–Trinajstić information content (AvgIpc) is 2.37. The fourth-order valence-corrected chi connectivity index (χ4v) is 1.82. The number of rotatable bonds is 2. The third-order valence-corrected chi connectivity index (χ3v) is 2.80. The van der Waals surface area contributed by atoms with Crippen LogP contribution in [0.3, 0.4) is 0 Å². The second kappa shape index (κ2) is 5.46. The zero-order valence-electron chi connectivity index (χ0n) is 10.5. The van der Waals surface area contributed by atoms with Gasteiger partial charge in [0.25, 0.3) is 0 Å². The summed E-state index contributed by atoms with van der Waals surface area (Å²) in [5.41, 5.74) is -0.526. The van der Waals surface area contributed by atoms with Gasteiger partial charge in [-0.15, -0.1) is 0 Å². The monoisotopic (exact) mass is 272 g/mol. The first-order chi connectivity index (χ1) is 8.97. The summed E-state index contributed by atoms with van der Waals surface area (Å²) in [5.74, 6) is 0.700. The van der Waals surface area contributed by atoms with Crippen molar-refractivity contribution >= 4 is 5.96 Å². The van der Waals surface area contributed by atoms with Crippen molar-refractivity contribution < 1.29 is 13.2 Å². The molecule has 0 unspecified atom stereocenters. The van der Waals surface area contributed by atoms with Gasteiger partial charge in [-0.25, -0.2) is 4.98 Å². The molecule has 0 amide bonds. The van der Waals surface area contributed by atoms with E-state index >= 15 is 0 Å². The number of pyridine rings is 1. The van der Waals surface area contributed by atoms with E-state index in [1.54, 1.807) is 6.07 Å². The number of alkyl halides is 3. The van der Waals surface area contributed by atoms with Crippen LogP contribution < -0.4 is 5.32 Å². The van der Waals surface area contributed by atoms with Gasteiger partial charge < -0.3 is 10.2 Å². The molecule has 104 valence electrons. The molecule has 0 saturated heterocycles. The van der Waals surface area contributed by atoms with Crippen LogP contribution in [0, 0.1) is 0 Å². The van der Waals surface area contributed by atoms with Crippen LogP contribution in [0.4, 0.5) is 13.2 Å². The van der Waals surface area contributed by atoms with Crippen molar-refractivity contribution in [1.82, 2.24) is 15.2 Å². The molecule has 0 atom stereocenters. The van der Waals surface area contributed by atoms with Crippen LogP contribution in [0.15, 0.2) is 23.2 Å². The van der Waals surface area contributed by atoms with Crippen molar-refractivity contribution in [3.63, 3.8) is 0 Å². The Morgan fingerprint density at radius 1 is 1.37 bits per heavy atom. The molecule has 1 N–H and O–H groups in total. The minimum atomic E-state index is -4.41. The summed E-state index contributed by atoms with van der Waals surface area (Å²) in [6, 6.07) is 3.89. The molecule has 0 saturated carbocycles. The molecule has 1 aliphatic rings. The first kappa shape index (κ1) is 13.6. The number of aliphatic imine (C=N–C) groups is 1. The molecule has 2 rings (SSSR count). The lowest BCUT2D eigenvalue weighted by atomic mass is 10.3. The van der Waals surface area contributed by atoms with Gasteiger partial charge in [0, 0.05) is 20.1 Å². The third kappa shape index (κ3) is 3.59. The highest BCUT2D eigenvalue weighted by atomic mass is 19.4. The van der Waals surface area contributed by atoms with E-state index < -0.39 is 11.9 Å². The molecular formula is C12H15F3N4. The Morgan fingerprint density at radius 3 is 2.84 bits per heavy atom. The van der Waals surface area contributed by atoms with Gasteiger partial charge in [-0.1, -0.05) is 6.07 Å². The lowest BCUT2D eigenvalue weighted by molar-refractivity contribution is -0.141. The fraction of sp³-hybridized carbons (Fsp3) is 0.500. The van der Waals surface area contributed by atoms with Gasteiger partial charge in [-0.2, -0.15) is 13.2 Å². The van der Waals surface area contributed by atoms with Crippen LogP contribution in [-0.4, -0.2) is 36.0 Å². The van der Waals surface area contributed by atoms with E-state index in [4.69, 9.17) is 0 Å². The molecule has 0 radical (unpaired) electrons. The molecule has 7 heteroatoms. The van der Waals surface area contributed by atoms with Crippen LogP contribution in [-0.2, 0) is 12.7 Å². The third-order valence-electron chi connectivity index (χ3n) is 2.80. The molecule has 1 aromatic heterocycles. The van der Waals surface area contributed by atoms with Crippen molar-refractivity contribution in [2.75, 3.05) is 20.1 Å². The molecule has 0 bridgehead atoms. The number of nitrogens with zero attached hydrogens (tertiary/aromatic N) is 3. The van der Waals surface area contributed by atoms with Gasteiger partial charge in [0.15, 0.2) is 5.96 Å². The van der Waals surface area contributed by atoms with Gasteiger partial charge in [0.05, 0.1) is 12.2 Å². The second-order valence-electron chi connectivity index (χ2n) is 4.35. The standard InChI is InChI=1S/C12H15F3N4/c1-19-7-3-6-16-11(19)17-8-9-4-2-5-10(18-9)12(13,14)15/h2,4-5H,3,6-8H2,1H3,(H,16,17). The van der Waals surface area contributed by atoms with E-state index in [1.165, 1.54) is 6.07 Å². The van der Waals surface area contributed by atoms with Gasteiger partial charge >= 0.3 is 6.18 Å². The summed E-state index contributed by atoms with van der Waals surface area (Å²) in [4.78, 5) is 9.81. The van der Waals surface area contributed by atoms with Crippen molar-refractivity contribution in [3.8, 4) is 0 Å². The second-order valence-corrected chi connectivity index (χ2v) is 4.35. The molecule has 4 nitrogen and oxygen atoms in total. The van der Waals surface area contributed by atoms with Gasteiger partial charge in [0.2, 0.25) is 0 Å². The Balaban J connectivity index is 2.02. The van der Waals surface area contributed by atoms with E-state index in [0.29, 0.717) is 11.7 Å². The van der Waals surface area contributed by atoms with E-state index in [1.807, 2.05) is 11.9 Å². The molecule has 19 heavy (non-hydrogen) atoms. The van der Waals surface area contributed by atoms with Crippen molar-refractivity contribution in [2.45, 2.75) is 19.1 Å². The molecule has 1 aliphatic heterocycles. The topological polar surface area (TPSA) is 40.5 Å². The largest absolute Gasteiger partial charge is 0.433 e. The van der Waals surface area contributed by atoms with Crippen LogP contribution in [0.25, 0.3) is 0 Å². The van der Waals surface area contributed by atoms with E-state index in [-0.39, 0.29) is 6.54 Å². The molecule has 1 aromatic rings. The summed E-state index contributed by atoms with van der Waals surface area (Å²) < 4.78 is 37.5. The first-order valence-electron chi connectivity index (χ1n) is 5.99. The Bertz CT molecular complexity index is 470. The predicted molar refractivity (Wildman–Crippen MR) is 65.6 cm³/mol. The molecule has 2 heterocycles. The van der Waals surface area contributed by atoms with Crippen LogP contribution in [0.5, 0.6) is 0 Å².